The Bertz CT molecular complexity index is 633. The van der Waals surface area contributed by atoms with E-state index >= 15 is 0 Å². The maximum absolute atomic E-state index is 6.04. The SMILES string of the molecule is Clc1nnc(-c2ccccc2)n1Cc1ccno1. The van der Waals surface area contributed by atoms with Gasteiger partial charge in [-0.05, 0) is 11.6 Å². The third-order valence-electron chi connectivity index (χ3n) is 2.54. The minimum atomic E-state index is 0.324. The summed E-state index contributed by atoms with van der Waals surface area (Å²) in [6.45, 7) is 0.454. The monoisotopic (exact) mass is 260 g/mol. The van der Waals surface area contributed by atoms with Gasteiger partial charge in [0.1, 0.15) is 0 Å². The van der Waals surface area contributed by atoms with Crippen molar-refractivity contribution in [3.8, 4) is 11.4 Å². The zero-order valence-corrected chi connectivity index (χ0v) is 10.1. The van der Waals surface area contributed by atoms with E-state index in [-0.39, 0.29) is 0 Å². The summed E-state index contributed by atoms with van der Waals surface area (Å²) in [7, 11) is 0. The summed E-state index contributed by atoms with van der Waals surface area (Å²) in [6.07, 6.45) is 1.59. The Morgan fingerprint density at radius 2 is 1.94 bits per heavy atom. The Hall–Kier alpha value is -2.14. The van der Waals surface area contributed by atoms with E-state index in [1.165, 1.54) is 0 Å². The van der Waals surface area contributed by atoms with Gasteiger partial charge in [0, 0.05) is 11.6 Å². The Balaban J connectivity index is 2.02. The van der Waals surface area contributed by atoms with Crippen LogP contribution in [0.5, 0.6) is 0 Å². The predicted octanol–water partition coefficient (Wildman–Crippen LogP) is 2.63. The smallest absolute Gasteiger partial charge is 0.225 e. The molecule has 0 N–H and O–H groups in total. The minimum absolute atomic E-state index is 0.324. The molecular formula is C12H9ClN4O. The molecule has 0 aliphatic carbocycles. The van der Waals surface area contributed by atoms with Gasteiger partial charge in [0.25, 0.3) is 0 Å². The molecule has 3 rings (SSSR count). The highest BCUT2D eigenvalue weighted by molar-refractivity contribution is 6.28. The van der Waals surface area contributed by atoms with Crippen LogP contribution in [-0.2, 0) is 6.54 Å². The molecule has 0 fully saturated rings. The average molecular weight is 261 g/mol. The van der Waals surface area contributed by atoms with E-state index < -0.39 is 0 Å². The van der Waals surface area contributed by atoms with E-state index in [4.69, 9.17) is 16.1 Å². The van der Waals surface area contributed by atoms with Gasteiger partial charge in [-0.2, -0.15) is 0 Å². The molecule has 18 heavy (non-hydrogen) atoms. The highest BCUT2D eigenvalue weighted by Crippen LogP contribution is 2.21. The average Bonchev–Trinajstić information content (AvgIpc) is 3.03. The summed E-state index contributed by atoms with van der Waals surface area (Å²) in [5.41, 5.74) is 0.955. The molecule has 0 saturated carbocycles. The first kappa shape index (κ1) is 11.0. The van der Waals surface area contributed by atoms with E-state index in [2.05, 4.69) is 15.4 Å². The lowest BCUT2D eigenvalue weighted by atomic mass is 10.2. The largest absolute Gasteiger partial charge is 0.359 e. The lowest BCUT2D eigenvalue weighted by molar-refractivity contribution is 0.377. The van der Waals surface area contributed by atoms with Gasteiger partial charge < -0.3 is 4.52 Å². The standard InChI is InChI=1S/C12H9ClN4O/c13-12-16-15-11(9-4-2-1-3-5-9)17(12)8-10-6-7-14-18-10/h1-7H,8H2. The highest BCUT2D eigenvalue weighted by atomic mass is 35.5. The molecule has 0 bridgehead atoms. The molecule has 3 aromatic rings. The quantitative estimate of drug-likeness (QED) is 0.726. The molecule has 0 radical (unpaired) electrons. The van der Waals surface area contributed by atoms with Crippen LogP contribution >= 0.6 is 11.6 Å². The van der Waals surface area contributed by atoms with Crippen molar-refractivity contribution >= 4 is 11.6 Å². The molecule has 2 aromatic heterocycles. The van der Waals surface area contributed by atoms with Crippen molar-refractivity contribution in [2.45, 2.75) is 6.54 Å². The van der Waals surface area contributed by atoms with Gasteiger partial charge >= 0.3 is 0 Å². The van der Waals surface area contributed by atoms with E-state index in [0.29, 0.717) is 23.4 Å². The molecule has 0 aliphatic heterocycles. The van der Waals surface area contributed by atoms with E-state index in [9.17, 15) is 0 Å². The highest BCUT2D eigenvalue weighted by Gasteiger charge is 2.13. The second-order valence-corrected chi connectivity index (χ2v) is 4.06. The Kier molecular flexibility index (Phi) is 2.82. The second kappa shape index (κ2) is 4.62. The van der Waals surface area contributed by atoms with Crippen molar-refractivity contribution in [3.05, 3.63) is 53.6 Å². The summed E-state index contributed by atoms with van der Waals surface area (Å²) < 4.78 is 6.84. The number of benzene rings is 1. The van der Waals surface area contributed by atoms with Crippen molar-refractivity contribution in [1.29, 1.82) is 0 Å². The van der Waals surface area contributed by atoms with Gasteiger partial charge in [0.15, 0.2) is 11.6 Å². The molecule has 90 valence electrons. The molecule has 1 aromatic carbocycles. The van der Waals surface area contributed by atoms with Gasteiger partial charge in [-0.1, -0.05) is 35.5 Å². The number of rotatable bonds is 3. The first-order valence-corrected chi connectivity index (χ1v) is 5.76. The second-order valence-electron chi connectivity index (χ2n) is 3.72. The van der Waals surface area contributed by atoms with E-state index in [0.717, 1.165) is 5.56 Å². The third kappa shape index (κ3) is 2.00. The van der Waals surface area contributed by atoms with Crippen LogP contribution in [0.1, 0.15) is 5.76 Å². The summed E-state index contributed by atoms with van der Waals surface area (Å²) in [4.78, 5) is 0. The number of hydrogen-bond donors (Lipinski definition) is 0. The number of nitrogens with zero attached hydrogens (tertiary/aromatic N) is 4. The zero-order chi connectivity index (χ0) is 12.4. The van der Waals surface area contributed by atoms with Crippen LogP contribution in [0.2, 0.25) is 5.28 Å². The number of halogens is 1. The molecule has 0 amide bonds. The molecule has 6 heteroatoms. The van der Waals surface area contributed by atoms with Gasteiger partial charge in [-0.15, -0.1) is 10.2 Å². The van der Waals surface area contributed by atoms with Crippen molar-refractivity contribution in [2.24, 2.45) is 0 Å². The minimum Gasteiger partial charge on any atom is -0.359 e. The van der Waals surface area contributed by atoms with Crippen LogP contribution in [0.3, 0.4) is 0 Å². The zero-order valence-electron chi connectivity index (χ0n) is 9.32. The number of hydrogen-bond acceptors (Lipinski definition) is 4. The summed E-state index contributed by atoms with van der Waals surface area (Å²) in [6, 6.07) is 11.5. The molecule has 0 aliphatic rings. The van der Waals surface area contributed by atoms with Crippen LogP contribution in [0, 0.1) is 0 Å². The molecule has 0 unspecified atom stereocenters. The van der Waals surface area contributed by atoms with Gasteiger partial charge in [-0.25, -0.2) is 0 Å². The molecule has 0 spiro atoms. The van der Waals surface area contributed by atoms with E-state index in [1.807, 2.05) is 30.3 Å². The van der Waals surface area contributed by atoms with Crippen LogP contribution in [0.15, 0.2) is 47.1 Å². The lowest BCUT2D eigenvalue weighted by Crippen LogP contribution is -2.01. The fraction of sp³-hybridized carbons (Fsp3) is 0.0833. The van der Waals surface area contributed by atoms with Crippen LogP contribution in [-0.4, -0.2) is 19.9 Å². The van der Waals surface area contributed by atoms with Crippen LogP contribution in [0.25, 0.3) is 11.4 Å². The van der Waals surface area contributed by atoms with Crippen molar-refractivity contribution in [3.63, 3.8) is 0 Å². The molecule has 0 atom stereocenters. The van der Waals surface area contributed by atoms with Crippen LogP contribution < -0.4 is 0 Å². The van der Waals surface area contributed by atoms with Gasteiger partial charge in [-0.3, -0.25) is 4.57 Å². The maximum atomic E-state index is 6.04. The maximum Gasteiger partial charge on any atom is 0.225 e. The topological polar surface area (TPSA) is 56.7 Å². The Morgan fingerprint density at radius 1 is 1.11 bits per heavy atom. The van der Waals surface area contributed by atoms with Gasteiger partial charge in [0.05, 0.1) is 12.7 Å². The van der Waals surface area contributed by atoms with Crippen molar-refractivity contribution in [2.75, 3.05) is 0 Å². The fourth-order valence-electron chi connectivity index (χ4n) is 1.70. The van der Waals surface area contributed by atoms with Gasteiger partial charge in [0.2, 0.25) is 5.28 Å². The molecule has 2 heterocycles. The van der Waals surface area contributed by atoms with Crippen molar-refractivity contribution < 1.29 is 4.52 Å². The molecule has 5 nitrogen and oxygen atoms in total. The predicted molar refractivity (Wildman–Crippen MR) is 66.1 cm³/mol. The first-order valence-electron chi connectivity index (χ1n) is 5.38. The summed E-state index contributed by atoms with van der Waals surface area (Å²) in [5.74, 6) is 1.41. The summed E-state index contributed by atoms with van der Waals surface area (Å²) >= 11 is 6.04. The third-order valence-corrected chi connectivity index (χ3v) is 2.82. The molecule has 0 saturated heterocycles. The molecular weight excluding hydrogens is 252 g/mol. The normalized spacial score (nSPS) is 10.7. The summed E-state index contributed by atoms with van der Waals surface area (Å²) in [5, 5.41) is 12.0. The van der Waals surface area contributed by atoms with Crippen molar-refractivity contribution in [1.82, 2.24) is 19.9 Å². The van der Waals surface area contributed by atoms with E-state index in [1.54, 1.807) is 16.8 Å². The first-order chi connectivity index (χ1) is 8.84. The fourth-order valence-corrected chi connectivity index (χ4v) is 1.88. The lowest BCUT2D eigenvalue weighted by Gasteiger charge is -2.05. The van der Waals surface area contributed by atoms with Crippen LogP contribution in [0.4, 0.5) is 0 Å². The number of aromatic nitrogens is 4. The Morgan fingerprint density at radius 3 is 2.67 bits per heavy atom. The Labute approximate surface area is 108 Å².